The highest BCUT2D eigenvalue weighted by atomic mass is 16.1. The van der Waals surface area contributed by atoms with Crippen LogP contribution in [0.2, 0.25) is 0 Å². The van der Waals surface area contributed by atoms with Crippen LogP contribution in [0.1, 0.15) is 42.7 Å². The van der Waals surface area contributed by atoms with Crippen molar-refractivity contribution >= 4 is 28.8 Å². The number of fused-ring (bicyclic) bond motifs is 2. The summed E-state index contributed by atoms with van der Waals surface area (Å²) in [6.45, 7) is 10.9. The van der Waals surface area contributed by atoms with Crippen LogP contribution < -0.4 is 4.90 Å². The summed E-state index contributed by atoms with van der Waals surface area (Å²) in [6, 6.07) is 11.3. The van der Waals surface area contributed by atoms with Gasteiger partial charge in [0.2, 0.25) is 0 Å². The molecule has 0 saturated carbocycles. The number of hydrogen-bond acceptors (Lipinski definition) is 4. The lowest BCUT2D eigenvalue weighted by Gasteiger charge is -2.38. The minimum absolute atomic E-state index is 0.170. The number of carbonyl (C=O) groups is 1. The third-order valence-corrected chi connectivity index (χ3v) is 6.63. The van der Waals surface area contributed by atoms with Crippen LogP contribution in [0, 0.1) is 6.92 Å². The molecule has 0 N–H and O–H groups in total. The predicted molar refractivity (Wildman–Crippen MR) is 126 cm³/mol. The highest BCUT2D eigenvalue weighted by Crippen LogP contribution is 2.30. The molecule has 1 saturated heterocycles. The van der Waals surface area contributed by atoms with Gasteiger partial charge >= 0.3 is 0 Å². The first-order chi connectivity index (χ1) is 15.0. The summed E-state index contributed by atoms with van der Waals surface area (Å²) in [7, 11) is 0. The minimum atomic E-state index is 0.170. The summed E-state index contributed by atoms with van der Waals surface area (Å²) >= 11 is 0. The Labute approximate surface area is 184 Å². The first kappa shape index (κ1) is 20.0. The Morgan fingerprint density at radius 3 is 2.55 bits per heavy atom. The number of benzene rings is 1. The minimum Gasteiger partial charge on any atom is -0.369 e. The second kappa shape index (κ2) is 7.97. The van der Waals surface area contributed by atoms with Crippen molar-refractivity contribution in [3.63, 3.8) is 0 Å². The molecular weight excluding hydrogens is 384 g/mol. The second-order valence-electron chi connectivity index (χ2n) is 9.08. The van der Waals surface area contributed by atoms with Crippen molar-refractivity contribution in [2.24, 2.45) is 0 Å². The number of pyridine rings is 1. The smallest absolute Gasteiger partial charge is 0.165 e. The summed E-state index contributed by atoms with van der Waals surface area (Å²) < 4.78 is 2.00. The molecule has 1 aliphatic carbocycles. The Kier molecular flexibility index (Phi) is 5.14. The molecular formula is C26H30N4O. The van der Waals surface area contributed by atoms with E-state index in [-0.39, 0.29) is 5.78 Å². The molecule has 1 aliphatic heterocycles. The highest BCUT2D eigenvalue weighted by molar-refractivity contribution is 6.25. The molecule has 0 radical (unpaired) electrons. The van der Waals surface area contributed by atoms with Crippen molar-refractivity contribution in [2.45, 2.75) is 39.7 Å². The Balaban J connectivity index is 1.44. The first-order valence-electron chi connectivity index (χ1n) is 11.3. The van der Waals surface area contributed by atoms with Crippen LogP contribution in [0.15, 0.2) is 42.7 Å². The maximum absolute atomic E-state index is 13.0. The van der Waals surface area contributed by atoms with Crippen molar-refractivity contribution in [2.75, 3.05) is 31.1 Å². The first-order valence-corrected chi connectivity index (χ1v) is 11.3. The number of aromatic nitrogens is 2. The maximum atomic E-state index is 13.0. The number of hydrogen-bond donors (Lipinski definition) is 0. The van der Waals surface area contributed by atoms with Crippen molar-refractivity contribution in [3.8, 4) is 0 Å². The van der Waals surface area contributed by atoms with Gasteiger partial charge < -0.3 is 9.30 Å². The predicted octanol–water partition coefficient (Wildman–Crippen LogP) is 4.23. The average Bonchev–Trinajstić information content (AvgIpc) is 3.11. The van der Waals surface area contributed by atoms with E-state index in [0.717, 1.165) is 55.1 Å². The standard InChI is InChI=1S/C26H30N4O/c1-18(2)28-10-12-29(13-11-28)22-7-5-21-15-23(25(31)8-6-20(21)14-22)24-17-30-16-19(3)4-9-26(30)27-24/h4-5,7,9,14-18H,6,8,10-13H2,1-3H3. The number of carbonyl (C=O) groups excluding carboxylic acids is 1. The van der Waals surface area contributed by atoms with E-state index in [4.69, 9.17) is 4.98 Å². The second-order valence-corrected chi connectivity index (χ2v) is 9.08. The molecule has 0 unspecified atom stereocenters. The van der Waals surface area contributed by atoms with Gasteiger partial charge in [0.15, 0.2) is 5.78 Å². The lowest BCUT2D eigenvalue weighted by molar-refractivity contribution is -0.113. The van der Waals surface area contributed by atoms with Crippen molar-refractivity contribution < 1.29 is 4.79 Å². The average molecular weight is 415 g/mol. The van der Waals surface area contributed by atoms with E-state index in [1.807, 2.05) is 35.0 Å². The van der Waals surface area contributed by atoms with Gasteiger partial charge in [-0.1, -0.05) is 12.1 Å². The van der Waals surface area contributed by atoms with Gasteiger partial charge in [0, 0.05) is 62.3 Å². The number of rotatable bonds is 3. The van der Waals surface area contributed by atoms with Crippen molar-refractivity contribution in [3.05, 3.63) is 65.1 Å². The van der Waals surface area contributed by atoms with Crippen LogP contribution in [0.4, 0.5) is 5.69 Å². The zero-order chi connectivity index (χ0) is 21.5. The van der Waals surface area contributed by atoms with Gasteiger partial charge in [-0.2, -0.15) is 0 Å². The molecule has 0 spiro atoms. The summed E-state index contributed by atoms with van der Waals surface area (Å²) in [5.74, 6) is 0.170. The number of nitrogens with zero attached hydrogens (tertiary/aromatic N) is 4. The Bertz CT molecular complexity index is 1170. The monoisotopic (exact) mass is 414 g/mol. The number of anilines is 1. The fourth-order valence-electron chi connectivity index (χ4n) is 4.71. The fourth-order valence-corrected chi connectivity index (χ4v) is 4.71. The van der Waals surface area contributed by atoms with Gasteiger partial charge in [-0.05, 0) is 68.2 Å². The quantitative estimate of drug-likeness (QED) is 0.643. The van der Waals surface area contributed by atoms with Crippen LogP contribution in [-0.4, -0.2) is 52.3 Å². The highest BCUT2D eigenvalue weighted by Gasteiger charge is 2.22. The van der Waals surface area contributed by atoms with Gasteiger partial charge in [0.1, 0.15) is 5.65 Å². The largest absolute Gasteiger partial charge is 0.369 e. The number of imidazole rings is 1. The molecule has 3 aromatic rings. The molecule has 1 fully saturated rings. The summed E-state index contributed by atoms with van der Waals surface area (Å²) in [5, 5.41) is 0. The molecule has 5 nitrogen and oxygen atoms in total. The topological polar surface area (TPSA) is 40.9 Å². The van der Waals surface area contributed by atoms with Crippen LogP contribution in [0.5, 0.6) is 0 Å². The lowest BCUT2D eigenvalue weighted by atomic mass is 10.0. The molecule has 0 amide bonds. The van der Waals surface area contributed by atoms with E-state index in [0.29, 0.717) is 12.5 Å². The van der Waals surface area contributed by atoms with Crippen molar-refractivity contribution in [1.29, 1.82) is 0 Å². The van der Waals surface area contributed by atoms with Gasteiger partial charge in [-0.15, -0.1) is 0 Å². The molecule has 31 heavy (non-hydrogen) atoms. The van der Waals surface area contributed by atoms with Gasteiger partial charge in [0.25, 0.3) is 0 Å². The van der Waals surface area contributed by atoms with E-state index >= 15 is 0 Å². The Morgan fingerprint density at radius 1 is 0.968 bits per heavy atom. The molecule has 0 bridgehead atoms. The van der Waals surface area contributed by atoms with Crippen LogP contribution in [-0.2, 0) is 11.2 Å². The summed E-state index contributed by atoms with van der Waals surface area (Å²) in [6.07, 6.45) is 7.36. The van der Waals surface area contributed by atoms with Gasteiger partial charge in [-0.3, -0.25) is 9.69 Å². The van der Waals surface area contributed by atoms with E-state index in [9.17, 15) is 4.79 Å². The molecule has 0 atom stereocenters. The number of aryl methyl sites for hydroxylation is 2. The van der Waals surface area contributed by atoms with E-state index in [1.54, 1.807) is 0 Å². The van der Waals surface area contributed by atoms with Crippen LogP contribution in [0.25, 0.3) is 17.3 Å². The fraction of sp³-hybridized carbons (Fsp3) is 0.385. The van der Waals surface area contributed by atoms with Gasteiger partial charge in [0.05, 0.1) is 5.69 Å². The van der Waals surface area contributed by atoms with Crippen molar-refractivity contribution in [1.82, 2.24) is 14.3 Å². The SMILES string of the molecule is Cc1ccc2nc(C3=Cc4ccc(N5CCN(C(C)C)CC5)cc4CCC3=O)cn2c1. The van der Waals surface area contributed by atoms with Crippen LogP contribution in [0.3, 0.4) is 0 Å². The number of allylic oxidation sites excluding steroid dienone is 1. The third kappa shape index (κ3) is 3.90. The van der Waals surface area contributed by atoms with E-state index in [1.165, 1.54) is 16.8 Å². The lowest BCUT2D eigenvalue weighted by Crippen LogP contribution is -2.48. The van der Waals surface area contributed by atoms with E-state index < -0.39 is 0 Å². The van der Waals surface area contributed by atoms with Gasteiger partial charge in [-0.25, -0.2) is 4.98 Å². The number of Topliss-reactive ketones (excluding diaryl/α,β-unsaturated/α-hetero) is 1. The zero-order valence-corrected chi connectivity index (χ0v) is 18.6. The Hall–Kier alpha value is -2.92. The molecule has 2 aliphatic rings. The molecule has 1 aromatic carbocycles. The molecule has 2 aromatic heterocycles. The molecule has 5 heteroatoms. The molecule has 5 rings (SSSR count). The third-order valence-electron chi connectivity index (χ3n) is 6.63. The zero-order valence-electron chi connectivity index (χ0n) is 18.6. The van der Waals surface area contributed by atoms with Crippen LogP contribution >= 0.6 is 0 Å². The summed E-state index contributed by atoms with van der Waals surface area (Å²) in [5.41, 5.74) is 7.19. The normalized spacial score (nSPS) is 17.7. The molecule has 160 valence electrons. The summed E-state index contributed by atoms with van der Waals surface area (Å²) in [4.78, 5) is 22.7. The van der Waals surface area contributed by atoms with E-state index in [2.05, 4.69) is 48.8 Å². The maximum Gasteiger partial charge on any atom is 0.165 e. The number of ketones is 1. The Morgan fingerprint density at radius 2 is 1.77 bits per heavy atom. The molecule has 3 heterocycles. The number of piperazine rings is 1.